The fourth-order valence-corrected chi connectivity index (χ4v) is 2.55. The van der Waals surface area contributed by atoms with Crippen molar-refractivity contribution in [3.05, 3.63) is 35.1 Å². The van der Waals surface area contributed by atoms with E-state index in [1.165, 1.54) is 31.4 Å². The van der Waals surface area contributed by atoms with Gasteiger partial charge in [-0.3, -0.25) is 5.41 Å². The Morgan fingerprint density at radius 3 is 2.89 bits per heavy atom. The SMILES string of the molecule is CCCCCC(C)N1Cc2ccc(F)cc2C1=N. The Morgan fingerprint density at radius 2 is 2.17 bits per heavy atom. The number of fused-ring (bicyclic) bond motifs is 1. The van der Waals surface area contributed by atoms with E-state index < -0.39 is 0 Å². The van der Waals surface area contributed by atoms with E-state index in [-0.39, 0.29) is 5.82 Å². The number of amidine groups is 1. The van der Waals surface area contributed by atoms with E-state index >= 15 is 0 Å². The van der Waals surface area contributed by atoms with Gasteiger partial charge in [0, 0.05) is 18.2 Å². The highest BCUT2D eigenvalue weighted by molar-refractivity contribution is 6.00. The van der Waals surface area contributed by atoms with Gasteiger partial charge in [0.2, 0.25) is 0 Å². The molecule has 3 heteroatoms. The van der Waals surface area contributed by atoms with Crippen molar-refractivity contribution in [3.63, 3.8) is 0 Å². The van der Waals surface area contributed by atoms with Crippen LogP contribution in [0.3, 0.4) is 0 Å². The van der Waals surface area contributed by atoms with E-state index in [4.69, 9.17) is 5.41 Å². The summed E-state index contributed by atoms with van der Waals surface area (Å²) in [5, 5.41) is 8.15. The lowest BCUT2D eigenvalue weighted by molar-refractivity contribution is 0.310. The lowest BCUT2D eigenvalue weighted by Gasteiger charge is -2.26. The smallest absolute Gasteiger partial charge is 0.129 e. The maximum atomic E-state index is 13.2. The summed E-state index contributed by atoms with van der Waals surface area (Å²) in [6, 6.07) is 5.13. The van der Waals surface area contributed by atoms with Crippen molar-refractivity contribution in [2.45, 2.75) is 52.1 Å². The van der Waals surface area contributed by atoms with Gasteiger partial charge < -0.3 is 4.90 Å². The van der Waals surface area contributed by atoms with Crippen LogP contribution >= 0.6 is 0 Å². The van der Waals surface area contributed by atoms with Crippen molar-refractivity contribution >= 4 is 5.84 Å². The Morgan fingerprint density at radius 1 is 1.39 bits per heavy atom. The van der Waals surface area contributed by atoms with Gasteiger partial charge in [-0.25, -0.2) is 4.39 Å². The van der Waals surface area contributed by atoms with Crippen molar-refractivity contribution in [2.75, 3.05) is 0 Å². The number of halogens is 1. The van der Waals surface area contributed by atoms with Crippen LogP contribution in [0.25, 0.3) is 0 Å². The molecule has 0 saturated carbocycles. The molecule has 0 amide bonds. The fraction of sp³-hybridized carbons (Fsp3) is 0.533. The molecule has 1 heterocycles. The summed E-state index contributed by atoms with van der Waals surface area (Å²) in [4.78, 5) is 2.08. The summed E-state index contributed by atoms with van der Waals surface area (Å²) in [7, 11) is 0. The molecule has 0 saturated heterocycles. The first-order chi connectivity index (χ1) is 8.63. The lowest BCUT2D eigenvalue weighted by atomic mass is 10.1. The summed E-state index contributed by atoms with van der Waals surface area (Å²) in [5.41, 5.74) is 1.83. The molecule has 0 spiro atoms. The molecule has 0 aromatic heterocycles. The third-order valence-electron chi connectivity index (χ3n) is 3.71. The van der Waals surface area contributed by atoms with E-state index in [1.807, 2.05) is 0 Å². The van der Waals surface area contributed by atoms with Crippen molar-refractivity contribution in [3.8, 4) is 0 Å². The molecule has 0 radical (unpaired) electrons. The lowest BCUT2D eigenvalue weighted by Crippen LogP contribution is -2.33. The molecular weight excluding hydrogens is 227 g/mol. The molecule has 1 atom stereocenters. The molecule has 0 bridgehead atoms. The van der Waals surface area contributed by atoms with Gasteiger partial charge in [-0.1, -0.05) is 32.3 Å². The molecule has 1 aromatic rings. The average Bonchev–Trinajstić information content (AvgIpc) is 2.67. The molecule has 0 aliphatic carbocycles. The molecule has 0 fully saturated rings. The second-order valence-electron chi connectivity index (χ2n) is 5.12. The number of unbranched alkanes of at least 4 members (excludes halogenated alkanes) is 2. The van der Waals surface area contributed by atoms with Crippen LogP contribution in [0.1, 0.15) is 50.7 Å². The Hall–Kier alpha value is -1.38. The second kappa shape index (κ2) is 5.51. The Kier molecular flexibility index (Phi) is 4.00. The second-order valence-corrected chi connectivity index (χ2v) is 5.12. The topological polar surface area (TPSA) is 27.1 Å². The van der Waals surface area contributed by atoms with E-state index in [0.717, 1.165) is 24.1 Å². The Labute approximate surface area is 108 Å². The average molecular weight is 248 g/mol. The maximum absolute atomic E-state index is 13.2. The number of hydrogen-bond acceptors (Lipinski definition) is 1. The van der Waals surface area contributed by atoms with E-state index in [1.54, 1.807) is 6.07 Å². The molecule has 1 aliphatic rings. The van der Waals surface area contributed by atoms with Crippen molar-refractivity contribution < 1.29 is 4.39 Å². The van der Waals surface area contributed by atoms with Gasteiger partial charge in [0.15, 0.2) is 0 Å². The van der Waals surface area contributed by atoms with Crippen LogP contribution in [0.2, 0.25) is 0 Å². The molecule has 2 nitrogen and oxygen atoms in total. The quantitative estimate of drug-likeness (QED) is 0.785. The van der Waals surface area contributed by atoms with Gasteiger partial charge in [-0.2, -0.15) is 0 Å². The number of nitrogens with zero attached hydrogens (tertiary/aromatic N) is 1. The highest BCUT2D eigenvalue weighted by Crippen LogP contribution is 2.26. The van der Waals surface area contributed by atoms with Crippen LogP contribution in [0.15, 0.2) is 18.2 Å². The van der Waals surface area contributed by atoms with Gasteiger partial charge >= 0.3 is 0 Å². The van der Waals surface area contributed by atoms with Crippen molar-refractivity contribution in [1.29, 1.82) is 5.41 Å². The summed E-state index contributed by atoms with van der Waals surface area (Å²) in [5.74, 6) is 0.229. The molecule has 1 unspecified atom stereocenters. The molecule has 18 heavy (non-hydrogen) atoms. The summed E-state index contributed by atoms with van der Waals surface area (Å²) >= 11 is 0. The fourth-order valence-electron chi connectivity index (χ4n) is 2.55. The van der Waals surface area contributed by atoms with E-state index in [0.29, 0.717) is 11.9 Å². The molecule has 98 valence electrons. The van der Waals surface area contributed by atoms with Gasteiger partial charge in [0.25, 0.3) is 0 Å². The third-order valence-corrected chi connectivity index (χ3v) is 3.71. The zero-order chi connectivity index (χ0) is 13.1. The molecule has 1 aliphatic heterocycles. The van der Waals surface area contributed by atoms with Crippen LogP contribution in [-0.2, 0) is 6.54 Å². The van der Waals surface area contributed by atoms with Gasteiger partial charge in [0.1, 0.15) is 11.7 Å². The van der Waals surface area contributed by atoms with Crippen molar-refractivity contribution in [2.24, 2.45) is 0 Å². The van der Waals surface area contributed by atoms with Crippen LogP contribution in [0.4, 0.5) is 4.39 Å². The summed E-state index contributed by atoms with van der Waals surface area (Å²) in [6.07, 6.45) is 4.77. The minimum Gasteiger partial charge on any atom is -0.350 e. The minimum atomic E-state index is -0.251. The van der Waals surface area contributed by atoms with E-state index in [2.05, 4.69) is 18.7 Å². The van der Waals surface area contributed by atoms with Crippen LogP contribution < -0.4 is 0 Å². The van der Waals surface area contributed by atoms with Gasteiger partial charge in [-0.05, 0) is 31.0 Å². The number of hydrogen-bond donors (Lipinski definition) is 1. The first-order valence-corrected chi connectivity index (χ1v) is 6.77. The van der Waals surface area contributed by atoms with Crippen molar-refractivity contribution in [1.82, 2.24) is 4.90 Å². The minimum absolute atomic E-state index is 0.251. The molecule has 1 N–H and O–H groups in total. The summed E-state index contributed by atoms with van der Waals surface area (Å²) < 4.78 is 13.2. The van der Waals surface area contributed by atoms with E-state index in [9.17, 15) is 4.39 Å². The maximum Gasteiger partial charge on any atom is 0.129 e. The van der Waals surface area contributed by atoms with Gasteiger partial charge in [-0.15, -0.1) is 0 Å². The van der Waals surface area contributed by atoms with Crippen LogP contribution in [-0.4, -0.2) is 16.8 Å². The predicted molar refractivity (Wildman–Crippen MR) is 72.4 cm³/mol. The van der Waals surface area contributed by atoms with Crippen LogP contribution in [0.5, 0.6) is 0 Å². The zero-order valence-electron chi connectivity index (χ0n) is 11.2. The standard InChI is InChI=1S/C15H21FN2/c1-3-4-5-6-11(2)18-10-12-7-8-13(16)9-14(12)15(18)17/h7-9,11,17H,3-6,10H2,1-2H3. The first kappa shape index (κ1) is 13.1. The number of rotatable bonds is 5. The largest absolute Gasteiger partial charge is 0.350 e. The Balaban J connectivity index is 2.04. The van der Waals surface area contributed by atoms with Gasteiger partial charge in [0.05, 0.1) is 0 Å². The number of benzene rings is 1. The molecule has 2 rings (SSSR count). The normalized spacial score (nSPS) is 15.9. The zero-order valence-corrected chi connectivity index (χ0v) is 11.2. The number of nitrogens with one attached hydrogen (secondary N) is 1. The monoisotopic (exact) mass is 248 g/mol. The highest BCUT2D eigenvalue weighted by atomic mass is 19.1. The highest BCUT2D eigenvalue weighted by Gasteiger charge is 2.27. The molecule has 1 aromatic carbocycles. The molecular formula is C15H21FN2. The first-order valence-electron chi connectivity index (χ1n) is 6.77. The van der Waals surface area contributed by atoms with Crippen LogP contribution in [0, 0.1) is 11.2 Å². The summed E-state index contributed by atoms with van der Waals surface area (Å²) in [6.45, 7) is 5.11. The predicted octanol–water partition coefficient (Wildman–Crippen LogP) is 3.94. The third kappa shape index (κ3) is 2.55. The Bertz CT molecular complexity index is 442.